The van der Waals surface area contributed by atoms with Crippen molar-refractivity contribution in [1.82, 2.24) is 9.55 Å². The Morgan fingerprint density at radius 2 is 1.47 bits per heavy atom. The Morgan fingerprint density at radius 1 is 0.806 bits per heavy atom. The zero-order valence-electron chi connectivity index (χ0n) is 19.0. The topological polar surface area (TPSA) is 47.3 Å². The largest absolute Gasteiger partial charge is 0.573 e. The van der Waals surface area contributed by atoms with Gasteiger partial charge in [0.15, 0.2) is 0 Å². The molecule has 0 aliphatic heterocycles. The number of imidazole rings is 1. The van der Waals surface area contributed by atoms with E-state index in [-0.39, 0.29) is 22.8 Å². The van der Waals surface area contributed by atoms with Gasteiger partial charge in [-0.2, -0.15) is 13.2 Å². The molecule has 36 heavy (non-hydrogen) atoms. The van der Waals surface area contributed by atoms with E-state index in [1.807, 2.05) is 0 Å². The predicted molar refractivity (Wildman–Crippen MR) is 121 cm³/mol. The van der Waals surface area contributed by atoms with Crippen LogP contribution in [0.4, 0.5) is 26.3 Å². The quantitative estimate of drug-likeness (QED) is 0.288. The van der Waals surface area contributed by atoms with Crippen LogP contribution in [0.5, 0.6) is 5.75 Å². The van der Waals surface area contributed by atoms with Crippen molar-refractivity contribution in [1.29, 1.82) is 0 Å². The van der Waals surface area contributed by atoms with E-state index >= 15 is 0 Å². The SMILES string of the molecule is CC(C)(O)c1cn(-c2ccc(-c3cccc(OC(F)(F)F)c3)cc2)c(-c2ccccc2C(F)(F)F)n1. The summed E-state index contributed by atoms with van der Waals surface area (Å²) in [5, 5.41) is 10.5. The Kier molecular flexibility index (Phi) is 6.34. The van der Waals surface area contributed by atoms with Gasteiger partial charge in [-0.3, -0.25) is 4.57 Å². The molecule has 0 saturated heterocycles. The van der Waals surface area contributed by atoms with E-state index < -0.39 is 23.7 Å². The van der Waals surface area contributed by atoms with Gasteiger partial charge in [-0.15, -0.1) is 13.2 Å². The fourth-order valence-electron chi connectivity index (χ4n) is 3.67. The van der Waals surface area contributed by atoms with Crippen LogP contribution in [-0.2, 0) is 11.8 Å². The van der Waals surface area contributed by atoms with Gasteiger partial charge in [0.2, 0.25) is 0 Å². The monoisotopic (exact) mass is 506 g/mol. The second kappa shape index (κ2) is 9.02. The van der Waals surface area contributed by atoms with Crippen LogP contribution in [0, 0.1) is 0 Å². The first-order chi connectivity index (χ1) is 16.7. The molecule has 0 amide bonds. The van der Waals surface area contributed by atoms with E-state index in [0.29, 0.717) is 16.8 Å². The highest BCUT2D eigenvalue weighted by Gasteiger charge is 2.35. The Labute approximate surface area is 202 Å². The van der Waals surface area contributed by atoms with Crippen molar-refractivity contribution in [3.05, 3.63) is 90.3 Å². The number of nitrogens with zero attached hydrogens (tertiary/aromatic N) is 2. The smallest absolute Gasteiger partial charge is 0.406 e. The number of alkyl halides is 6. The van der Waals surface area contributed by atoms with Crippen LogP contribution in [0.2, 0.25) is 0 Å². The van der Waals surface area contributed by atoms with Crippen molar-refractivity contribution in [2.45, 2.75) is 32.0 Å². The lowest BCUT2D eigenvalue weighted by Crippen LogP contribution is -2.17. The van der Waals surface area contributed by atoms with Crippen molar-refractivity contribution >= 4 is 0 Å². The fourth-order valence-corrected chi connectivity index (χ4v) is 3.67. The number of rotatable bonds is 5. The summed E-state index contributed by atoms with van der Waals surface area (Å²) in [6.45, 7) is 2.94. The van der Waals surface area contributed by atoms with Crippen molar-refractivity contribution < 1.29 is 36.2 Å². The Morgan fingerprint density at radius 3 is 2.08 bits per heavy atom. The van der Waals surface area contributed by atoms with Crippen LogP contribution < -0.4 is 4.74 Å². The molecule has 1 N–H and O–H groups in total. The summed E-state index contributed by atoms with van der Waals surface area (Å²) in [6.07, 6.45) is -8.00. The third kappa shape index (κ3) is 5.54. The fraction of sp³-hybridized carbons (Fsp3) is 0.192. The zero-order chi connectivity index (χ0) is 26.3. The molecule has 0 fully saturated rings. The van der Waals surface area contributed by atoms with E-state index in [1.165, 1.54) is 61.0 Å². The number of aliphatic hydroxyl groups is 1. The third-order valence-electron chi connectivity index (χ3n) is 5.35. The Hall–Kier alpha value is -3.79. The molecular formula is C26H20F6N2O2. The first-order valence-corrected chi connectivity index (χ1v) is 10.7. The molecule has 0 atom stereocenters. The van der Waals surface area contributed by atoms with Crippen molar-refractivity contribution in [3.63, 3.8) is 0 Å². The van der Waals surface area contributed by atoms with Gasteiger partial charge in [0, 0.05) is 17.4 Å². The average Bonchev–Trinajstić information content (AvgIpc) is 3.24. The summed E-state index contributed by atoms with van der Waals surface area (Å²) in [7, 11) is 0. The van der Waals surface area contributed by atoms with Crippen LogP contribution >= 0.6 is 0 Å². The van der Waals surface area contributed by atoms with Crippen LogP contribution in [-0.4, -0.2) is 21.0 Å². The number of halogens is 6. The van der Waals surface area contributed by atoms with Crippen molar-refractivity contribution in [2.24, 2.45) is 0 Å². The highest BCUT2D eigenvalue weighted by molar-refractivity contribution is 5.68. The second-order valence-electron chi connectivity index (χ2n) is 8.54. The van der Waals surface area contributed by atoms with E-state index in [9.17, 15) is 31.4 Å². The van der Waals surface area contributed by atoms with E-state index in [1.54, 1.807) is 30.3 Å². The maximum absolute atomic E-state index is 13.7. The molecule has 0 aliphatic carbocycles. The number of aromatic nitrogens is 2. The lowest BCUT2D eigenvalue weighted by Gasteiger charge is -2.14. The van der Waals surface area contributed by atoms with Gasteiger partial charge in [-0.05, 0) is 55.3 Å². The van der Waals surface area contributed by atoms with Crippen molar-refractivity contribution in [2.75, 3.05) is 0 Å². The van der Waals surface area contributed by atoms with E-state index in [2.05, 4.69) is 9.72 Å². The first-order valence-electron chi connectivity index (χ1n) is 10.7. The van der Waals surface area contributed by atoms with Gasteiger partial charge >= 0.3 is 12.5 Å². The summed E-state index contributed by atoms with van der Waals surface area (Å²) >= 11 is 0. The molecule has 4 nitrogen and oxygen atoms in total. The molecule has 0 radical (unpaired) electrons. The molecular weight excluding hydrogens is 486 g/mol. The van der Waals surface area contributed by atoms with Gasteiger partial charge in [-0.1, -0.05) is 42.5 Å². The predicted octanol–water partition coefficient (Wildman–Crippen LogP) is 7.35. The molecule has 188 valence electrons. The standard InChI is InChI=1S/C26H20F6N2O2/c1-24(2,35)22-15-34(23(33-22)20-8-3-4-9-21(20)25(27,28)29)18-12-10-16(11-13-18)17-6-5-7-19(14-17)36-26(30,31)32/h3-15,35H,1-2H3. The Bertz CT molecular complexity index is 1370. The molecule has 1 aromatic heterocycles. The van der Waals surface area contributed by atoms with Crippen LogP contribution in [0.15, 0.2) is 79.0 Å². The van der Waals surface area contributed by atoms with E-state index in [0.717, 1.165) is 6.07 Å². The van der Waals surface area contributed by atoms with Crippen LogP contribution in [0.1, 0.15) is 25.1 Å². The molecule has 10 heteroatoms. The molecule has 4 rings (SSSR count). The second-order valence-corrected chi connectivity index (χ2v) is 8.54. The molecule has 3 aromatic carbocycles. The highest BCUT2D eigenvalue weighted by Crippen LogP contribution is 2.38. The van der Waals surface area contributed by atoms with Gasteiger partial charge in [0.05, 0.1) is 11.3 Å². The lowest BCUT2D eigenvalue weighted by molar-refractivity contribution is -0.274. The minimum absolute atomic E-state index is 0.0200. The first kappa shape index (κ1) is 25.3. The number of hydrogen-bond acceptors (Lipinski definition) is 3. The molecule has 0 spiro atoms. The van der Waals surface area contributed by atoms with Gasteiger partial charge in [-0.25, -0.2) is 4.98 Å². The minimum atomic E-state index is -4.83. The minimum Gasteiger partial charge on any atom is -0.406 e. The van der Waals surface area contributed by atoms with Gasteiger partial charge in [0.25, 0.3) is 0 Å². The van der Waals surface area contributed by atoms with Gasteiger partial charge in [0.1, 0.15) is 17.2 Å². The molecule has 0 unspecified atom stereocenters. The molecule has 4 aromatic rings. The molecule has 0 bridgehead atoms. The van der Waals surface area contributed by atoms with Crippen LogP contribution in [0.3, 0.4) is 0 Å². The summed E-state index contributed by atoms with van der Waals surface area (Å²) in [4.78, 5) is 4.32. The summed E-state index contributed by atoms with van der Waals surface area (Å²) in [5.41, 5.74) is -0.850. The normalized spacial score (nSPS) is 12.6. The molecule has 0 aliphatic rings. The Balaban J connectivity index is 1.78. The average molecular weight is 506 g/mol. The highest BCUT2D eigenvalue weighted by atomic mass is 19.4. The number of ether oxygens (including phenoxy) is 1. The summed E-state index contributed by atoms with van der Waals surface area (Å²) < 4.78 is 84.2. The maximum Gasteiger partial charge on any atom is 0.573 e. The maximum atomic E-state index is 13.7. The number of hydrogen-bond donors (Lipinski definition) is 1. The van der Waals surface area contributed by atoms with E-state index in [4.69, 9.17) is 0 Å². The number of benzene rings is 3. The van der Waals surface area contributed by atoms with Crippen LogP contribution in [0.25, 0.3) is 28.2 Å². The summed E-state index contributed by atoms with van der Waals surface area (Å²) in [5.74, 6) is -0.395. The summed E-state index contributed by atoms with van der Waals surface area (Å²) in [6, 6.07) is 16.9. The molecule has 1 heterocycles. The van der Waals surface area contributed by atoms with Crippen molar-refractivity contribution in [3.8, 4) is 34.0 Å². The molecule has 0 saturated carbocycles. The lowest BCUT2D eigenvalue weighted by atomic mass is 10.0. The zero-order valence-corrected chi connectivity index (χ0v) is 19.0. The third-order valence-corrected chi connectivity index (χ3v) is 5.35. The van der Waals surface area contributed by atoms with Gasteiger partial charge < -0.3 is 9.84 Å².